The van der Waals surface area contributed by atoms with E-state index in [0.29, 0.717) is 5.75 Å². The van der Waals surface area contributed by atoms with Gasteiger partial charge in [-0.15, -0.1) is 0 Å². The van der Waals surface area contributed by atoms with E-state index in [1.807, 2.05) is 49.4 Å². The molecule has 0 radical (unpaired) electrons. The molecule has 126 valence electrons. The van der Waals surface area contributed by atoms with Gasteiger partial charge in [0.05, 0.1) is 0 Å². The number of esters is 1. The van der Waals surface area contributed by atoms with Gasteiger partial charge in [-0.25, -0.2) is 4.79 Å². The summed E-state index contributed by atoms with van der Waals surface area (Å²) in [5.74, 6) is 0.213. The topological polar surface area (TPSA) is 67.4 Å². The van der Waals surface area contributed by atoms with Crippen LogP contribution in [0.25, 0.3) is 0 Å². The summed E-state index contributed by atoms with van der Waals surface area (Å²) in [7, 11) is 0. The lowest BCUT2D eigenvalue weighted by molar-refractivity contribution is -0.131. The van der Waals surface area contributed by atoms with Crippen molar-refractivity contribution in [3.63, 3.8) is 0 Å². The highest BCUT2D eigenvalue weighted by atomic mass is 16.5. The second-order valence-corrected chi connectivity index (χ2v) is 5.64. The molecule has 2 N–H and O–H groups in total. The first kappa shape index (κ1) is 17.5. The van der Waals surface area contributed by atoms with Gasteiger partial charge in [0.1, 0.15) is 5.75 Å². The molecule has 2 amide bonds. The zero-order valence-electron chi connectivity index (χ0n) is 13.9. The molecule has 2 aromatic rings. The number of urea groups is 1. The van der Waals surface area contributed by atoms with Crippen LogP contribution in [-0.2, 0) is 11.2 Å². The van der Waals surface area contributed by atoms with E-state index in [2.05, 4.69) is 10.6 Å². The number of hydrogen-bond donors (Lipinski definition) is 2. The maximum atomic E-state index is 11.9. The van der Waals surface area contributed by atoms with E-state index in [1.54, 1.807) is 12.1 Å². The molecule has 0 aliphatic heterocycles. The van der Waals surface area contributed by atoms with Crippen LogP contribution >= 0.6 is 0 Å². The van der Waals surface area contributed by atoms with Gasteiger partial charge in [0.15, 0.2) is 0 Å². The van der Waals surface area contributed by atoms with Crippen molar-refractivity contribution < 1.29 is 14.3 Å². The van der Waals surface area contributed by atoms with Crippen molar-refractivity contribution in [2.24, 2.45) is 0 Å². The number of benzene rings is 2. The predicted molar refractivity (Wildman–Crippen MR) is 94.1 cm³/mol. The normalized spacial score (nSPS) is 11.4. The molecular weight excluding hydrogens is 304 g/mol. The van der Waals surface area contributed by atoms with Crippen molar-refractivity contribution >= 4 is 17.7 Å². The minimum absolute atomic E-state index is 0.0434. The van der Waals surface area contributed by atoms with Gasteiger partial charge < -0.3 is 15.4 Å². The third kappa shape index (κ3) is 6.12. The highest BCUT2D eigenvalue weighted by molar-refractivity contribution is 5.89. The number of amides is 2. The van der Waals surface area contributed by atoms with Crippen LogP contribution in [0.3, 0.4) is 0 Å². The fraction of sp³-hybridized carbons (Fsp3) is 0.263. The van der Waals surface area contributed by atoms with Gasteiger partial charge in [-0.2, -0.15) is 0 Å². The van der Waals surface area contributed by atoms with Gasteiger partial charge in [0.25, 0.3) is 0 Å². The van der Waals surface area contributed by atoms with Crippen molar-refractivity contribution in [1.29, 1.82) is 0 Å². The predicted octanol–water partition coefficient (Wildman–Crippen LogP) is 3.75. The summed E-state index contributed by atoms with van der Waals surface area (Å²) in [6, 6.07) is 16.6. The third-order valence-corrected chi connectivity index (χ3v) is 3.46. The minimum Gasteiger partial charge on any atom is -0.427 e. The molecule has 0 bridgehead atoms. The van der Waals surface area contributed by atoms with E-state index >= 15 is 0 Å². The summed E-state index contributed by atoms with van der Waals surface area (Å²) in [5.41, 5.74) is 1.89. The van der Waals surface area contributed by atoms with Gasteiger partial charge in [-0.3, -0.25) is 4.79 Å². The first-order valence-electron chi connectivity index (χ1n) is 7.93. The van der Waals surface area contributed by atoms with E-state index in [0.717, 1.165) is 24.1 Å². The van der Waals surface area contributed by atoms with E-state index in [1.165, 1.54) is 6.92 Å². The lowest BCUT2D eigenvalue weighted by Crippen LogP contribution is -2.36. The first-order chi connectivity index (χ1) is 11.5. The molecule has 0 spiro atoms. The van der Waals surface area contributed by atoms with Crippen LogP contribution in [0.5, 0.6) is 5.75 Å². The molecule has 0 aliphatic carbocycles. The minimum atomic E-state index is -0.329. The number of anilines is 1. The highest BCUT2D eigenvalue weighted by Gasteiger charge is 2.08. The summed E-state index contributed by atoms with van der Waals surface area (Å²) >= 11 is 0. The SMILES string of the molecule is CC(=O)Oc1ccc(CCC(C)NC(=O)Nc2ccccc2)cc1. The average Bonchev–Trinajstić information content (AvgIpc) is 2.54. The number of aryl methyl sites for hydroxylation is 1. The largest absolute Gasteiger partial charge is 0.427 e. The zero-order valence-corrected chi connectivity index (χ0v) is 13.9. The van der Waals surface area contributed by atoms with Crippen LogP contribution in [0.2, 0.25) is 0 Å². The fourth-order valence-electron chi connectivity index (χ4n) is 2.26. The lowest BCUT2D eigenvalue weighted by atomic mass is 10.1. The summed E-state index contributed by atoms with van der Waals surface area (Å²) < 4.78 is 5.00. The second-order valence-electron chi connectivity index (χ2n) is 5.64. The average molecular weight is 326 g/mol. The zero-order chi connectivity index (χ0) is 17.4. The Kier molecular flexibility index (Phi) is 6.37. The summed E-state index contributed by atoms with van der Waals surface area (Å²) in [4.78, 5) is 22.8. The molecule has 2 aromatic carbocycles. The second kappa shape index (κ2) is 8.72. The van der Waals surface area contributed by atoms with Crippen LogP contribution < -0.4 is 15.4 Å². The number of carbonyl (C=O) groups is 2. The van der Waals surface area contributed by atoms with Crippen molar-refractivity contribution in [2.75, 3.05) is 5.32 Å². The Hall–Kier alpha value is -2.82. The highest BCUT2D eigenvalue weighted by Crippen LogP contribution is 2.14. The molecule has 1 atom stereocenters. The molecular formula is C19H22N2O3. The maximum absolute atomic E-state index is 11.9. The summed E-state index contributed by atoms with van der Waals surface area (Å²) in [6.45, 7) is 3.35. The summed E-state index contributed by atoms with van der Waals surface area (Å²) in [6.07, 6.45) is 1.64. The molecule has 0 saturated carbocycles. The van der Waals surface area contributed by atoms with E-state index < -0.39 is 0 Å². The molecule has 24 heavy (non-hydrogen) atoms. The van der Waals surface area contributed by atoms with Crippen molar-refractivity contribution in [3.8, 4) is 5.75 Å². The molecule has 0 aliphatic rings. The van der Waals surface area contributed by atoms with Crippen molar-refractivity contribution in [3.05, 3.63) is 60.2 Å². The molecule has 0 saturated heterocycles. The van der Waals surface area contributed by atoms with Gasteiger partial charge in [-0.05, 0) is 49.6 Å². The van der Waals surface area contributed by atoms with Crippen LogP contribution in [0.4, 0.5) is 10.5 Å². The number of nitrogens with one attached hydrogen (secondary N) is 2. The maximum Gasteiger partial charge on any atom is 0.319 e. The first-order valence-corrected chi connectivity index (χ1v) is 7.93. The molecule has 2 rings (SSSR count). The molecule has 5 heteroatoms. The van der Waals surface area contributed by atoms with Crippen LogP contribution in [0, 0.1) is 0 Å². The van der Waals surface area contributed by atoms with E-state index in [9.17, 15) is 9.59 Å². The van der Waals surface area contributed by atoms with Gasteiger partial charge in [-0.1, -0.05) is 30.3 Å². The molecule has 0 fully saturated rings. The Bertz CT molecular complexity index is 669. The number of rotatable bonds is 6. The number of ether oxygens (including phenoxy) is 1. The smallest absolute Gasteiger partial charge is 0.319 e. The standard InChI is InChI=1S/C19H22N2O3/c1-14(20-19(23)21-17-6-4-3-5-7-17)8-9-16-10-12-18(13-11-16)24-15(2)22/h3-7,10-14H,8-9H2,1-2H3,(H2,20,21,23). The number of para-hydroxylation sites is 1. The Morgan fingerprint density at radius 3 is 2.33 bits per heavy atom. The van der Waals surface area contributed by atoms with E-state index in [-0.39, 0.29) is 18.0 Å². The number of hydrogen-bond acceptors (Lipinski definition) is 3. The quantitative estimate of drug-likeness (QED) is 0.627. The van der Waals surface area contributed by atoms with Crippen LogP contribution in [0.1, 0.15) is 25.8 Å². The Labute approximate surface area is 142 Å². The number of carbonyl (C=O) groups excluding carboxylic acids is 2. The Morgan fingerprint density at radius 1 is 1.04 bits per heavy atom. The Balaban J connectivity index is 1.75. The van der Waals surface area contributed by atoms with Crippen molar-refractivity contribution in [1.82, 2.24) is 5.32 Å². The van der Waals surface area contributed by atoms with Gasteiger partial charge in [0.2, 0.25) is 0 Å². The lowest BCUT2D eigenvalue weighted by Gasteiger charge is -2.15. The molecule has 0 aromatic heterocycles. The van der Waals surface area contributed by atoms with Crippen LogP contribution in [0.15, 0.2) is 54.6 Å². The van der Waals surface area contributed by atoms with Gasteiger partial charge >= 0.3 is 12.0 Å². The van der Waals surface area contributed by atoms with Crippen molar-refractivity contribution in [2.45, 2.75) is 32.7 Å². The van der Waals surface area contributed by atoms with Gasteiger partial charge in [0, 0.05) is 18.7 Å². The summed E-state index contributed by atoms with van der Waals surface area (Å²) in [5, 5.41) is 5.71. The molecule has 5 nitrogen and oxygen atoms in total. The third-order valence-electron chi connectivity index (χ3n) is 3.46. The van der Waals surface area contributed by atoms with Crippen LogP contribution in [-0.4, -0.2) is 18.0 Å². The molecule has 1 unspecified atom stereocenters. The van der Waals surface area contributed by atoms with E-state index in [4.69, 9.17) is 4.74 Å². The fourth-order valence-corrected chi connectivity index (χ4v) is 2.26. The Morgan fingerprint density at radius 2 is 1.71 bits per heavy atom. The molecule has 0 heterocycles. The monoisotopic (exact) mass is 326 g/mol.